The number of hydrazone groups is 1. The summed E-state index contributed by atoms with van der Waals surface area (Å²) in [7, 11) is 0. The number of carbonyl (C=O) groups is 1. The smallest absolute Gasteiger partial charge is 0.311 e. The van der Waals surface area contributed by atoms with Crippen LogP contribution < -0.4 is 14.9 Å². The van der Waals surface area contributed by atoms with Crippen LogP contribution in [0.25, 0.3) is 10.8 Å². The van der Waals surface area contributed by atoms with Crippen molar-refractivity contribution in [2.24, 2.45) is 5.10 Å². The maximum absolute atomic E-state index is 12.3. The fraction of sp³-hybridized carbons (Fsp3) is 0.100. The van der Waals surface area contributed by atoms with Gasteiger partial charge in [0.05, 0.1) is 11.1 Å². The van der Waals surface area contributed by atoms with Gasteiger partial charge in [0.15, 0.2) is 17.2 Å². The van der Waals surface area contributed by atoms with Crippen LogP contribution in [-0.4, -0.2) is 34.9 Å². The summed E-state index contributed by atoms with van der Waals surface area (Å²) in [5.41, 5.74) is 2.21. The van der Waals surface area contributed by atoms with Crippen LogP contribution in [0, 0.1) is 10.1 Å². The lowest BCUT2D eigenvalue weighted by molar-refractivity contribution is -0.385. The number of hydrogen-bond donors (Lipinski definition) is 2. The monoisotopic (exact) mass is 393 g/mol. The van der Waals surface area contributed by atoms with Gasteiger partial charge in [-0.05, 0) is 35.0 Å². The second-order valence-electron chi connectivity index (χ2n) is 6.30. The quantitative estimate of drug-likeness (QED) is 0.399. The molecule has 2 N–H and O–H groups in total. The summed E-state index contributed by atoms with van der Waals surface area (Å²) in [6.45, 7) is 0.0252. The maximum Gasteiger partial charge on any atom is 0.311 e. The Morgan fingerprint density at radius 2 is 1.90 bits per heavy atom. The molecule has 1 atom stereocenters. The number of ether oxygens (including phenoxy) is 2. The summed E-state index contributed by atoms with van der Waals surface area (Å²) in [5, 5.41) is 26.0. The van der Waals surface area contributed by atoms with Gasteiger partial charge in [-0.3, -0.25) is 14.9 Å². The number of carbonyl (C=O) groups excluding carboxylic acids is 1. The molecule has 146 valence electrons. The minimum absolute atomic E-state index is 0.0252. The first-order valence-electron chi connectivity index (χ1n) is 8.64. The Bertz CT molecular complexity index is 1140. The van der Waals surface area contributed by atoms with E-state index in [4.69, 9.17) is 9.47 Å². The van der Waals surface area contributed by atoms with Crippen LogP contribution in [0.5, 0.6) is 17.2 Å². The van der Waals surface area contributed by atoms with E-state index in [1.807, 2.05) is 36.4 Å². The summed E-state index contributed by atoms with van der Waals surface area (Å²) in [6, 6.07) is 15.1. The zero-order valence-electron chi connectivity index (χ0n) is 14.9. The SMILES string of the molecule is O=C(NN=Cc1ccc(O)c([N+](=O)[O-])c1)[C@@H]1COc2cc3ccccc3cc2O1. The summed E-state index contributed by atoms with van der Waals surface area (Å²) >= 11 is 0. The summed E-state index contributed by atoms with van der Waals surface area (Å²) in [4.78, 5) is 22.5. The van der Waals surface area contributed by atoms with E-state index in [9.17, 15) is 20.0 Å². The van der Waals surface area contributed by atoms with Gasteiger partial charge < -0.3 is 14.6 Å². The normalized spacial score (nSPS) is 15.4. The van der Waals surface area contributed by atoms with Crippen molar-refractivity contribution in [3.63, 3.8) is 0 Å². The maximum atomic E-state index is 12.3. The Balaban J connectivity index is 1.43. The highest BCUT2D eigenvalue weighted by Crippen LogP contribution is 2.35. The van der Waals surface area contributed by atoms with E-state index in [1.54, 1.807) is 0 Å². The van der Waals surface area contributed by atoms with Gasteiger partial charge in [0.1, 0.15) is 6.61 Å². The highest BCUT2D eigenvalue weighted by molar-refractivity contribution is 5.88. The number of phenols is 1. The van der Waals surface area contributed by atoms with Gasteiger partial charge in [0.25, 0.3) is 5.91 Å². The fourth-order valence-corrected chi connectivity index (χ4v) is 2.89. The average Bonchev–Trinajstić information content (AvgIpc) is 2.72. The van der Waals surface area contributed by atoms with E-state index in [0.717, 1.165) is 16.8 Å². The van der Waals surface area contributed by atoms with Gasteiger partial charge in [-0.1, -0.05) is 24.3 Å². The van der Waals surface area contributed by atoms with Gasteiger partial charge in [-0.25, -0.2) is 5.43 Å². The topological polar surface area (TPSA) is 123 Å². The molecular weight excluding hydrogens is 378 g/mol. The fourth-order valence-electron chi connectivity index (χ4n) is 2.89. The summed E-state index contributed by atoms with van der Waals surface area (Å²) in [6.07, 6.45) is 0.338. The van der Waals surface area contributed by atoms with Gasteiger partial charge >= 0.3 is 5.69 Å². The first-order valence-corrected chi connectivity index (χ1v) is 8.64. The second kappa shape index (κ2) is 7.47. The zero-order valence-corrected chi connectivity index (χ0v) is 14.9. The van der Waals surface area contributed by atoms with Crippen molar-refractivity contribution in [2.45, 2.75) is 6.10 Å². The molecule has 4 rings (SSSR count). The molecule has 0 saturated heterocycles. The van der Waals surface area contributed by atoms with Gasteiger partial charge in [-0.2, -0.15) is 5.10 Å². The molecule has 0 fully saturated rings. The van der Waals surface area contributed by atoms with Crippen LogP contribution in [0.2, 0.25) is 0 Å². The molecule has 0 unspecified atom stereocenters. The number of rotatable bonds is 4. The number of nitrogens with zero attached hydrogens (tertiary/aromatic N) is 2. The van der Waals surface area contributed by atoms with E-state index in [-0.39, 0.29) is 6.61 Å². The lowest BCUT2D eigenvalue weighted by Gasteiger charge is -2.25. The lowest BCUT2D eigenvalue weighted by atomic mass is 10.1. The average molecular weight is 393 g/mol. The second-order valence-corrected chi connectivity index (χ2v) is 6.30. The number of nitro benzene ring substituents is 1. The Labute approximate surface area is 164 Å². The molecule has 1 aliphatic heterocycles. The van der Waals surface area contributed by atoms with Crippen molar-refractivity contribution < 1.29 is 24.3 Å². The number of nitrogens with one attached hydrogen (secondary N) is 1. The van der Waals surface area contributed by atoms with Crippen LogP contribution in [0.1, 0.15) is 5.56 Å². The van der Waals surface area contributed by atoms with Crippen molar-refractivity contribution in [3.8, 4) is 17.2 Å². The Morgan fingerprint density at radius 1 is 1.17 bits per heavy atom. The lowest BCUT2D eigenvalue weighted by Crippen LogP contribution is -2.42. The van der Waals surface area contributed by atoms with Gasteiger partial charge in [0.2, 0.25) is 6.10 Å². The van der Waals surface area contributed by atoms with Crippen molar-refractivity contribution in [3.05, 3.63) is 70.3 Å². The standard InChI is InChI=1S/C20H15N3O6/c24-16-6-5-12(7-15(16)23(26)27)10-21-22-20(25)19-11-28-17-8-13-3-1-2-4-14(13)9-18(17)29-19/h1-10,19,24H,11H2,(H,22,25)/t19-/m0/s1. The van der Waals surface area contributed by atoms with E-state index < -0.39 is 28.4 Å². The molecule has 1 aliphatic rings. The molecular formula is C20H15N3O6. The largest absolute Gasteiger partial charge is 0.502 e. The highest BCUT2D eigenvalue weighted by atomic mass is 16.6. The number of hydrogen-bond acceptors (Lipinski definition) is 7. The van der Waals surface area contributed by atoms with Crippen LogP contribution in [0.3, 0.4) is 0 Å². The summed E-state index contributed by atoms with van der Waals surface area (Å²) in [5.74, 6) is 0.0596. The summed E-state index contributed by atoms with van der Waals surface area (Å²) < 4.78 is 11.4. The van der Waals surface area contributed by atoms with Crippen molar-refractivity contribution in [1.29, 1.82) is 0 Å². The number of amides is 1. The minimum atomic E-state index is -0.894. The van der Waals surface area contributed by atoms with Gasteiger partial charge in [-0.15, -0.1) is 0 Å². The van der Waals surface area contributed by atoms with Crippen molar-refractivity contribution >= 4 is 28.6 Å². The van der Waals surface area contributed by atoms with Crippen LogP contribution in [0.4, 0.5) is 5.69 Å². The van der Waals surface area contributed by atoms with Crippen molar-refractivity contribution in [1.82, 2.24) is 5.43 Å². The molecule has 0 aromatic heterocycles. The third-order valence-corrected chi connectivity index (χ3v) is 4.35. The number of fused-ring (bicyclic) bond motifs is 2. The molecule has 9 heteroatoms. The molecule has 1 amide bonds. The first kappa shape index (κ1) is 18.2. The van der Waals surface area contributed by atoms with Crippen molar-refractivity contribution in [2.75, 3.05) is 6.61 Å². The minimum Gasteiger partial charge on any atom is -0.502 e. The molecule has 3 aromatic rings. The number of aromatic hydroxyl groups is 1. The molecule has 0 bridgehead atoms. The predicted molar refractivity (Wildman–Crippen MR) is 104 cm³/mol. The molecule has 3 aromatic carbocycles. The van der Waals surface area contributed by atoms with Crippen LogP contribution in [-0.2, 0) is 4.79 Å². The predicted octanol–water partition coefficient (Wildman–Crippen LogP) is 2.74. The molecule has 9 nitrogen and oxygen atoms in total. The first-order chi connectivity index (χ1) is 14.0. The van der Waals surface area contributed by atoms with E-state index in [1.165, 1.54) is 18.3 Å². The van der Waals surface area contributed by atoms with Gasteiger partial charge in [0, 0.05) is 11.6 Å². The molecule has 1 heterocycles. The molecule has 29 heavy (non-hydrogen) atoms. The Kier molecular flexibility index (Phi) is 4.70. The van der Waals surface area contributed by atoms with E-state index in [0.29, 0.717) is 17.1 Å². The van der Waals surface area contributed by atoms with Crippen LogP contribution in [0.15, 0.2) is 59.7 Å². The molecule has 0 radical (unpaired) electrons. The van der Waals surface area contributed by atoms with E-state index in [2.05, 4.69) is 10.5 Å². The Morgan fingerprint density at radius 3 is 2.62 bits per heavy atom. The third-order valence-electron chi connectivity index (χ3n) is 4.35. The highest BCUT2D eigenvalue weighted by Gasteiger charge is 2.27. The molecule has 0 aliphatic carbocycles. The third kappa shape index (κ3) is 3.79. The number of nitro groups is 1. The van der Waals surface area contributed by atoms with E-state index >= 15 is 0 Å². The zero-order chi connectivity index (χ0) is 20.4. The number of phenolic OH excluding ortho intramolecular Hbond substituents is 1. The molecule has 0 spiro atoms. The van der Waals surface area contributed by atoms with Crippen LogP contribution >= 0.6 is 0 Å². The number of benzene rings is 3. The molecule has 0 saturated carbocycles. The Hall–Kier alpha value is -4.14.